The molecule has 0 aliphatic rings. The lowest BCUT2D eigenvalue weighted by molar-refractivity contribution is 0.589. The molecule has 96 valence electrons. The maximum absolute atomic E-state index is 6.30. The van der Waals surface area contributed by atoms with Gasteiger partial charge in [-0.1, -0.05) is 37.6 Å². The van der Waals surface area contributed by atoms with E-state index in [1.54, 1.807) is 11.3 Å². The molecule has 0 fully saturated rings. The lowest BCUT2D eigenvalue weighted by Crippen LogP contribution is -2.21. The molecule has 18 heavy (non-hydrogen) atoms. The van der Waals surface area contributed by atoms with Crippen molar-refractivity contribution in [1.82, 2.24) is 10.3 Å². The summed E-state index contributed by atoms with van der Waals surface area (Å²) in [5.41, 5.74) is 2.36. The van der Waals surface area contributed by atoms with Crippen LogP contribution in [0.3, 0.4) is 0 Å². The molecule has 0 unspecified atom stereocenters. The highest BCUT2D eigenvalue weighted by Crippen LogP contribution is 2.20. The van der Waals surface area contributed by atoms with Crippen LogP contribution in [0.4, 0.5) is 0 Å². The molecule has 0 atom stereocenters. The molecule has 0 amide bonds. The molecule has 0 saturated carbocycles. The number of hydrogen-bond acceptors (Lipinski definition) is 3. The van der Waals surface area contributed by atoms with Crippen molar-refractivity contribution < 1.29 is 0 Å². The second kappa shape index (κ2) is 6.32. The molecule has 1 N–H and O–H groups in total. The van der Waals surface area contributed by atoms with Crippen LogP contribution in [-0.2, 0) is 13.0 Å². The summed E-state index contributed by atoms with van der Waals surface area (Å²) in [6, 6.07) is 6.74. The van der Waals surface area contributed by atoms with Gasteiger partial charge in [0.05, 0.1) is 5.01 Å². The number of thiazole rings is 1. The third-order valence-electron chi connectivity index (χ3n) is 2.66. The Morgan fingerprint density at radius 2 is 2.22 bits per heavy atom. The zero-order chi connectivity index (χ0) is 13.0. The summed E-state index contributed by atoms with van der Waals surface area (Å²) in [4.78, 5) is 4.29. The molecule has 0 aliphatic heterocycles. The average molecular weight is 281 g/mol. The van der Waals surface area contributed by atoms with Gasteiger partial charge in [-0.25, -0.2) is 4.98 Å². The van der Waals surface area contributed by atoms with Gasteiger partial charge in [-0.3, -0.25) is 0 Å². The minimum absolute atomic E-state index is 0.469. The number of aromatic nitrogens is 1. The van der Waals surface area contributed by atoms with E-state index in [1.165, 1.54) is 5.56 Å². The van der Waals surface area contributed by atoms with E-state index in [1.807, 2.05) is 17.6 Å². The highest BCUT2D eigenvalue weighted by Gasteiger charge is 2.04. The topological polar surface area (TPSA) is 24.9 Å². The van der Waals surface area contributed by atoms with E-state index < -0.39 is 0 Å². The first kappa shape index (κ1) is 13.5. The van der Waals surface area contributed by atoms with Crippen molar-refractivity contribution in [1.29, 1.82) is 0 Å². The Kier molecular flexibility index (Phi) is 4.75. The Labute approximate surface area is 117 Å². The smallest absolute Gasteiger partial charge is 0.0968 e. The van der Waals surface area contributed by atoms with Crippen LogP contribution >= 0.6 is 22.9 Å². The zero-order valence-corrected chi connectivity index (χ0v) is 12.2. The van der Waals surface area contributed by atoms with Crippen molar-refractivity contribution in [3.8, 4) is 0 Å². The van der Waals surface area contributed by atoms with Crippen LogP contribution in [0.25, 0.3) is 0 Å². The minimum atomic E-state index is 0.469. The average Bonchev–Trinajstić information content (AvgIpc) is 2.80. The summed E-state index contributed by atoms with van der Waals surface area (Å²) in [5, 5.41) is 7.33. The van der Waals surface area contributed by atoms with Gasteiger partial charge in [-0.2, -0.15) is 0 Å². The molecule has 1 aromatic carbocycles. The fourth-order valence-electron chi connectivity index (χ4n) is 1.67. The summed E-state index contributed by atoms with van der Waals surface area (Å²) in [6.07, 6.45) is 2.69. The molecule has 0 spiro atoms. The summed E-state index contributed by atoms with van der Waals surface area (Å²) in [6.45, 7) is 5.07. The maximum atomic E-state index is 6.30. The lowest BCUT2D eigenvalue weighted by atomic mass is 10.1. The molecule has 2 nitrogen and oxygen atoms in total. The second-order valence-corrected chi connectivity index (χ2v) is 5.95. The van der Waals surface area contributed by atoms with Gasteiger partial charge in [0.1, 0.15) is 0 Å². The first-order chi connectivity index (χ1) is 8.65. The Morgan fingerprint density at radius 3 is 2.83 bits per heavy atom. The third kappa shape index (κ3) is 3.80. The van der Waals surface area contributed by atoms with Crippen LogP contribution in [0.1, 0.15) is 30.0 Å². The molecule has 1 aromatic heterocycles. The molecular formula is C14H17ClN2S. The molecule has 2 rings (SSSR count). The number of rotatable bonds is 5. The predicted molar refractivity (Wildman–Crippen MR) is 78.3 cm³/mol. The normalized spacial score (nSPS) is 11.1. The highest BCUT2D eigenvalue weighted by molar-refractivity contribution is 7.09. The van der Waals surface area contributed by atoms with E-state index in [2.05, 4.69) is 36.3 Å². The fraction of sp³-hybridized carbons (Fsp3) is 0.357. The van der Waals surface area contributed by atoms with E-state index >= 15 is 0 Å². The Morgan fingerprint density at radius 1 is 1.39 bits per heavy atom. The van der Waals surface area contributed by atoms with Crippen molar-refractivity contribution >= 4 is 22.9 Å². The van der Waals surface area contributed by atoms with Crippen molar-refractivity contribution in [2.24, 2.45) is 0 Å². The van der Waals surface area contributed by atoms with Crippen molar-refractivity contribution in [3.63, 3.8) is 0 Å². The van der Waals surface area contributed by atoms with E-state index in [0.717, 1.165) is 28.6 Å². The van der Waals surface area contributed by atoms with Crippen molar-refractivity contribution in [2.75, 3.05) is 0 Å². The Hall–Kier alpha value is -0.900. The first-order valence-electron chi connectivity index (χ1n) is 6.04. The quantitative estimate of drug-likeness (QED) is 0.899. The summed E-state index contributed by atoms with van der Waals surface area (Å²) in [7, 11) is 0. The summed E-state index contributed by atoms with van der Waals surface area (Å²) in [5.74, 6) is 0. The van der Waals surface area contributed by atoms with E-state index in [0.29, 0.717) is 6.04 Å². The standard InChI is InChI=1S/C14H17ClN2S/c1-10(2)17-9-12-4-3-11(7-13(12)15)8-14-16-5-6-18-14/h3-7,10,17H,8-9H2,1-2H3. The van der Waals surface area contributed by atoms with Gasteiger partial charge >= 0.3 is 0 Å². The number of benzene rings is 1. The van der Waals surface area contributed by atoms with Crippen molar-refractivity contribution in [2.45, 2.75) is 32.9 Å². The lowest BCUT2D eigenvalue weighted by Gasteiger charge is -2.10. The van der Waals surface area contributed by atoms with Crippen LogP contribution in [0.5, 0.6) is 0 Å². The molecule has 0 saturated heterocycles. The number of nitrogens with one attached hydrogen (secondary N) is 1. The van der Waals surface area contributed by atoms with Gasteiger partial charge in [0, 0.05) is 35.6 Å². The van der Waals surface area contributed by atoms with Gasteiger partial charge in [-0.15, -0.1) is 11.3 Å². The molecule has 0 radical (unpaired) electrons. The largest absolute Gasteiger partial charge is 0.310 e. The van der Waals surface area contributed by atoms with Crippen LogP contribution in [0.15, 0.2) is 29.8 Å². The van der Waals surface area contributed by atoms with Gasteiger partial charge in [0.25, 0.3) is 0 Å². The molecule has 1 heterocycles. The SMILES string of the molecule is CC(C)NCc1ccc(Cc2nccs2)cc1Cl. The van der Waals surface area contributed by atoms with Crippen LogP contribution in [0.2, 0.25) is 5.02 Å². The van der Waals surface area contributed by atoms with Crippen LogP contribution in [0, 0.1) is 0 Å². The first-order valence-corrected chi connectivity index (χ1v) is 7.30. The molecule has 0 aliphatic carbocycles. The molecule has 4 heteroatoms. The highest BCUT2D eigenvalue weighted by atomic mass is 35.5. The number of nitrogens with zero attached hydrogens (tertiary/aromatic N) is 1. The van der Waals surface area contributed by atoms with Gasteiger partial charge in [-0.05, 0) is 17.2 Å². The zero-order valence-electron chi connectivity index (χ0n) is 10.6. The molecular weight excluding hydrogens is 264 g/mol. The van der Waals surface area contributed by atoms with Gasteiger partial charge in [0.2, 0.25) is 0 Å². The van der Waals surface area contributed by atoms with Gasteiger partial charge < -0.3 is 5.32 Å². The molecule has 0 bridgehead atoms. The van der Waals surface area contributed by atoms with Gasteiger partial charge in [0.15, 0.2) is 0 Å². The van der Waals surface area contributed by atoms with Crippen molar-refractivity contribution in [3.05, 3.63) is 50.9 Å². The minimum Gasteiger partial charge on any atom is -0.310 e. The Bertz CT molecular complexity index is 495. The summed E-state index contributed by atoms with van der Waals surface area (Å²) >= 11 is 7.97. The Balaban J connectivity index is 2.05. The monoisotopic (exact) mass is 280 g/mol. The number of hydrogen-bond donors (Lipinski definition) is 1. The summed E-state index contributed by atoms with van der Waals surface area (Å²) < 4.78 is 0. The second-order valence-electron chi connectivity index (χ2n) is 4.56. The number of halogens is 1. The predicted octanol–water partition coefficient (Wildman–Crippen LogP) is 3.89. The fourth-order valence-corrected chi connectivity index (χ4v) is 2.59. The van der Waals surface area contributed by atoms with E-state index in [9.17, 15) is 0 Å². The van der Waals surface area contributed by atoms with E-state index in [-0.39, 0.29) is 0 Å². The van der Waals surface area contributed by atoms with Crippen LogP contribution in [-0.4, -0.2) is 11.0 Å². The maximum Gasteiger partial charge on any atom is 0.0968 e. The molecule has 2 aromatic rings. The van der Waals surface area contributed by atoms with Crippen LogP contribution < -0.4 is 5.32 Å². The van der Waals surface area contributed by atoms with E-state index in [4.69, 9.17) is 11.6 Å². The third-order valence-corrected chi connectivity index (χ3v) is 3.79.